The van der Waals surface area contributed by atoms with Crippen molar-refractivity contribution in [2.45, 2.75) is 198 Å². The zero-order valence-electron chi connectivity index (χ0n) is 79.9. The molecule has 12 rings (SSSR count). The average molecular weight is 2020 g/mol. The van der Waals surface area contributed by atoms with E-state index in [1.54, 1.807) is 45.0 Å². The molecule has 0 saturated heterocycles. The predicted molar refractivity (Wildman–Crippen MR) is 535 cm³/mol. The summed E-state index contributed by atoms with van der Waals surface area (Å²) in [6.45, 7) is 13.8. The number of carboxylic acids is 2. The van der Waals surface area contributed by atoms with Crippen LogP contribution in [0.1, 0.15) is 223 Å². The number of nitrogens with two attached hydrogens (primary N) is 2. The van der Waals surface area contributed by atoms with E-state index in [4.69, 9.17) is 41.7 Å². The summed E-state index contributed by atoms with van der Waals surface area (Å²) in [6.07, 6.45) is 0.239. The molecule has 143 heavy (non-hydrogen) atoms. The number of alkyl carbamates (subject to hydrolysis) is 1. The van der Waals surface area contributed by atoms with Crippen molar-refractivity contribution in [1.82, 2.24) is 92.7 Å². The van der Waals surface area contributed by atoms with Gasteiger partial charge in [0.2, 0.25) is 41.4 Å². The number of nitrogens with one attached hydrogen (secondary N) is 16. The molecule has 8 bridgehead atoms. The van der Waals surface area contributed by atoms with Crippen molar-refractivity contribution < 1.29 is 95.0 Å². The van der Waals surface area contributed by atoms with E-state index in [2.05, 4.69) is 102 Å². The molecule has 3 aromatic carbocycles. The van der Waals surface area contributed by atoms with Crippen LogP contribution in [0.25, 0.3) is 55.4 Å². The van der Waals surface area contributed by atoms with E-state index >= 15 is 0 Å². The smallest absolute Gasteiger partial charge is 0.407 e. The van der Waals surface area contributed by atoms with Gasteiger partial charge in [0.05, 0.1) is 54.4 Å². The molecule has 3 aliphatic rings. The van der Waals surface area contributed by atoms with Gasteiger partial charge in [-0.05, 0) is 164 Å². The number of hydrogen-bond acceptors (Lipinski definition) is 29. The van der Waals surface area contributed by atoms with E-state index in [0.717, 1.165) is 61.6 Å². The molecule has 0 fully saturated rings. The van der Waals surface area contributed by atoms with Gasteiger partial charge in [-0.2, -0.15) is 13.4 Å². The molecule has 9 atom stereocenters. The third-order valence-electron chi connectivity index (χ3n) is 24.8. The number of benzene rings is 3. The molecule has 8 amide bonds. The van der Waals surface area contributed by atoms with Crippen LogP contribution in [0.15, 0.2) is 102 Å². The lowest BCUT2D eigenvalue weighted by Gasteiger charge is -2.28. The van der Waals surface area contributed by atoms with Crippen molar-refractivity contribution in [1.29, 1.82) is 10.8 Å². The second kappa shape index (κ2) is 47.5. The van der Waals surface area contributed by atoms with Gasteiger partial charge in [0.15, 0.2) is 22.7 Å². The Kier molecular flexibility index (Phi) is 35.5. The number of hydrogen-bond donors (Lipinski definition) is 21. The zero-order chi connectivity index (χ0) is 104. The molecular weight excluding hydrogens is 1910 g/mol. The fraction of sp³-hybridized carbons (Fsp3) is 0.406. The van der Waals surface area contributed by atoms with E-state index in [9.17, 15) is 90.3 Å². The van der Waals surface area contributed by atoms with E-state index in [1.807, 2.05) is 56.3 Å². The molecule has 1 aliphatic carbocycles. The number of anilines is 2. The molecule has 23 N–H and O–H groups in total. The molecule has 2 aliphatic heterocycles. The minimum absolute atomic E-state index is 0.000594. The first-order valence-corrected chi connectivity index (χ1v) is 50.3. The highest BCUT2D eigenvalue weighted by molar-refractivity contribution is 8.76. The molecule has 44 nitrogen and oxygen atoms in total. The topological polar surface area (TPSA) is 700 Å². The molecule has 47 heteroatoms. The minimum Gasteiger partial charge on any atom is -0.480 e. The number of amidine groups is 2. The van der Waals surface area contributed by atoms with Crippen LogP contribution in [-0.4, -0.2) is 243 Å². The fourth-order valence-corrected chi connectivity index (χ4v) is 19.5. The van der Waals surface area contributed by atoms with Gasteiger partial charge in [0.1, 0.15) is 48.4 Å². The van der Waals surface area contributed by atoms with Crippen LogP contribution in [0.5, 0.6) is 0 Å². The molecule has 0 radical (unpaired) electrons. The number of nitrogens with zero attached hydrogens (tertiary/aromatic N) is 5. The van der Waals surface area contributed by atoms with Crippen molar-refractivity contribution >= 4 is 176 Å². The number of carbonyl (C=O) groups excluding carboxylic acids is 11. The number of amides is 8. The van der Waals surface area contributed by atoms with Gasteiger partial charge < -0.3 is 99.3 Å². The van der Waals surface area contributed by atoms with Crippen molar-refractivity contribution in [3.63, 3.8) is 0 Å². The highest BCUT2D eigenvalue weighted by atomic mass is 33.1. The van der Waals surface area contributed by atoms with Crippen molar-refractivity contribution in [2.24, 2.45) is 5.73 Å². The number of aromatic nitrogens is 9. The number of ether oxygens (including phenoxy) is 2. The summed E-state index contributed by atoms with van der Waals surface area (Å²) < 4.78 is 42.7. The van der Waals surface area contributed by atoms with E-state index in [0.29, 0.717) is 83.8 Å². The first-order valence-electron chi connectivity index (χ1n) is 46.2. The Bertz CT molecular complexity index is 6820. The Labute approximate surface area is 827 Å². The summed E-state index contributed by atoms with van der Waals surface area (Å²) in [4.78, 5) is 224. The van der Waals surface area contributed by atoms with Crippen molar-refractivity contribution in [3.05, 3.63) is 181 Å². The number of nitrogen functional groups attached to an aromatic ring is 2. The van der Waals surface area contributed by atoms with Crippen molar-refractivity contribution in [3.8, 4) is 11.3 Å². The summed E-state index contributed by atoms with van der Waals surface area (Å²) in [5.74, 6) is -13.3. The first-order chi connectivity index (χ1) is 67.9. The lowest BCUT2D eigenvalue weighted by Crippen LogP contribution is -2.54. The molecule has 8 heterocycles. The van der Waals surface area contributed by atoms with Crippen LogP contribution >= 0.6 is 21.6 Å². The Hall–Kier alpha value is -15.0. The molecule has 6 aromatic heterocycles. The number of carbonyl (C=O) groups is 13. The Morgan fingerprint density at radius 2 is 1.37 bits per heavy atom. The summed E-state index contributed by atoms with van der Waals surface area (Å²) in [7, 11) is -1.36. The molecular formula is C96H115N23O21S3. The number of carboxylic acid groups (broad SMARTS) is 2. The highest BCUT2D eigenvalue weighted by Crippen LogP contribution is 2.46. The molecule has 3 unspecified atom stereocenters. The number of fused-ring (bicyclic) bond motifs is 10. The van der Waals surface area contributed by atoms with Gasteiger partial charge in [0.25, 0.3) is 21.6 Å². The summed E-state index contributed by atoms with van der Waals surface area (Å²) in [6, 6.07) is 19.1. The maximum absolute atomic E-state index is 14.7. The Morgan fingerprint density at radius 3 is 2.07 bits per heavy atom. The standard InChI is InChI=1S/C96H115N23O21S3/c1-10-60-47(3)64-41-69-76(50(6)120)48(4)63(110-69)39-58-36-55(80(107-58)78-79(93(134)139-9)83(125)77-49(5)65(114-81(77)78)40-68(60)109-64)21-25-72(121)101-30-11-12-61(112-74(123)28-31-103-85(99)52-15-13-51(14-16-52)66-37-54-17-18-56(84(97)98)38-67(54)111-66)88(127)106-46(2)27-29-96(7,8)119-95(135)140-33-34-141-142-45-71(92(132)133)116-89(128)70(42-75(124)102-32-35-143(136,137)138)113-73(122)26-24-62(91(130)131)115-87(126)53-19-22-57(23-20-53)104-43-59-44-105-86-82(108-59)90(129)118-94(100)117-86/h13-20,22-23,37-41,44,46-47,55,60-62,70-71,79,104,110-111,114H,10-12,21,24-36,42-43,45H2,1-9H3,(H3,97,98)(H2,99,103)(H,101,121)(H,102,124)(H,106,127)(H,112,123)(H,113,122)(H,115,126)(H,116,128)(H,119,135)(H,130,131)(H,132,133)(H,136,137,138)(H3,100,105,117,118,129)/t46?,47-,55+,60-,61?,62+,70+,71+,79?/m1/s1. The molecule has 0 saturated carbocycles. The van der Waals surface area contributed by atoms with Gasteiger partial charge in [-0.15, -0.1) is 0 Å². The second-order valence-electron chi connectivity index (χ2n) is 35.8. The SMILES string of the molecule is CC[C@H]1c2cc3[nH]c4c(c3C)C(=O)C(C(=O)OC)c4c3nc(cc4[nH]c(cc(n2)[C@@H]1C)c(C(C)=O)c4C)C[C@@H]3CCC(=O)NCCCC(NC(=O)CCNC(=N)c1ccc(-c2cc3ccc(C(=N)N)cc3[nH]2)cc1)C(=O)NC(C)CCC(C)(C)NC(=O)OCCSSC[C@H](NC(=O)[C@H](CC(=O)NCCS(=O)(=O)O)NC(=O)CC[C@H](NC(=O)c1ccc(NCc2cnc3nc(N)[nH]c(=O)c3n2)cc1)C(=O)O)C(=O)O. The summed E-state index contributed by atoms with van der Waals surface area (Å²) in [5, 5.41) is 64.5. The van der Waals surface area contributed by atoms with Gasteiger partial charge >= 0.3 is 24.0 Å². The average Bonchev–Trinajstić information content (AvgIpc) is 1.56. The third-order valence-corrected chi connectivity index (χ3v) is 27.9. The lowest BCUT2D eigenvalue weighted by atomic mass is 9.89. The number of rotatable bonds is 47. The lowest BCUT2D eigenvalue weighted by molar-refractivity contribution is -0.142. The van der Waals surface area contributed by atoms with Crippen LogP contribution < -0.4 is 70.2 Å². The van der Waals surface area contributed by atoms with Crippen LogP contribution in [0.2, 0.25) is 0 Å². The third kappa shape index (κ3) is 28.0. The maximum Gasteiger partial charge on any atom is 0.407 e. The van der Waals surface area contributed by atoms with Crippen LogP contribution in [0, 0.1) is 24.7 Å². The van der Waals surface area contributed by atoms with Gasteiger partial charge in [-0.1, -0.05) is 71.8 Å². The molecule has 9 aromatic rings. The Balaban J connectivity index is 0.630. The minimum atomic E-state index is -4.57. The molecule has 758 valence electrons. The van der Waals surface area contributed by atoms with E-state index in [1.165, 1.54) is 44.5 Å². The molecule has 0 spiro atoms. The van der Waals surface area contributed by atoms with E-state index in [-0.39, 0.29) is 147 Å². The Morgan fingerprint density at radius 1 is 0.685 bits per heavy atom. The normalized spacial score (nSPS) is 15.4. The second-order valence-corrected chi connectivity index (χ2v) is 40.0. The van der Waals surface area contributed by atoms with Crippen LogP contribution in [0.3, 0.4) is 0 Å². The van der Waals surface area contributed by atoms with Gasteiger partial charge in [-0.25, -0.2) is 24.4 Å². The number of methoxy groups -OCH3 is 1. The number of H-pyrrole nitrogens is 4. The fourth-order valence-electron chi connectivity index (χ4n) is 17.1. The number of ketones is 2. The monoisotopic (exact) mass is 2020 g/mol. The van der Waals surface area contributed by atoms with Crippen LogP contribution in [-0.2, 0) is 75.7 Å². The number of Topliss-reactive ketones (excluding diaryl/α,β-unsaturated/α-hetero) is 2. The predicted octanol–water partition coefficient (Wildman–Crippen LogP) is 7.31. The largest absolute Gasteiger partial charge is 0.480 e. The van der Waals surface area contributed by atoms with E-state index < -0.39 is 160 Å². The van der Waals surface area contributed by atoms with Gasteiger partial charge in [0, 0.05) is 164 Å². The number of esters is 1. The number of aliphatic carboxylic acids is 2. The first kappa shape index (κ1) is 107. The quantitative estimate of drug-likeness (QED) is 0.00260. The highest BCUT2D eigenvalue weighted by Gasteiger charge is 2.45. The van der Waals surface area contributed by atoms with Crippen LogP contribution in [0.4, 0.5) is 16.4 Å². The van der Waals surface area contributed by atoms with Gasteiger partial charge in [-0.3, -0.25) is 83.1 Å². The summed E-state index contributed by atoms with van der Waals surface area (Å²) in [5.41, 5.74) is 21.5. The van der Waals surface area contributed by atoms with Crippen molar-refractivity contribution in [2.75, 3.05) is 61.7 Å². The maximum atomic E-state index is 14.7. The summed E-state index contributed by atoms with van der Waals surface area (Å²) >= 11 is 0. The number of aromatic amines is 4. The zero-order valence-corrected chi connectivity index (χ0v) is 82.3. The number of aryl methyl sites for hydroxylation is 2.